The third kappa shape index (κ3) is 5.05. The molecule has 2 aromatic carbocycles. The Balaban J connectivity index is 2.37. The van der Waals surface area contributed by atoms with Gasteiger partial charge in [0.1, 0.15) is 11.6 Å². The van der Waals surface area contributed by atoms with Crippen LogP contribution in [0.4, 0.5) is 24.5 Å². The average Bonchev–Trinajstić information content (AvgIpc) is 2.60. The molecule has 1 amide bonds. The maximum absolute atomic E-state index is 13.1. The summed E-state index contributed by atoms with van der Waals surface area (Å²) in [5.74, 6) is -1.09. The van der Waals surface area contributed by atoms with Crippen LogP contribution >= 0.6 is 11.6 Å². The molecular formula is C17H9ClF3N3O3. The van der Waals surface area contributed by atoms with Crippen LogP contribution in [0.5, 0.6) is 0 Å². The lowest BCUT2D eigenvalue weighted by atomic mass is 10.1. The lowest BCUT2D eigenvalue weighted by Gasteiger charge is -2.13. The molecule has 0 saturated carbocycles. The molecule has 0 heterocycles. The number of nitrogens with one attached hydrogen (secondary N) is 1. The summed E-state index contributed by atoms with van der Waals surface area (Å²) in [6.45, 7) is 0. The first-order chi connectivity index (χ1) is 12.6. The highest BCUT2D eigenvalue weighted by Crippen LogP contribution is 2.37. The molecule has 0 unspecified atom stereocenters. The monoisotopic (exact) mass is 395 g/mol. The van der Waals surface area contributed by atoms with E-state index < -0.39 is 39.5 Å². The van der Waals surface area contributed by atoms with Crippen molar-refractivity contribution in [1.82, 2.24) is 0 Å². The van der Waals surface area contributed by atoms with Crippen molar-refractivity contribution in [2.75, 3.05) is 5.32 Å². The Labute approximate surface area is 155 Å². The number of halogens is 4. The summed E-state index contributed by atoms with van der Waals surface area (Å²) < 4.78 is 39.4. The minimum Gasteiger partial charge on any atom is -0.321 e. The first kappa shape index (κ1) is 19.9. The number of hydrogen-bond donors (Lipinski definition) is 1. The summed E-state index contributed by atoms with van der Waals surface area (Å²) in [6, 6.07) is 9.54. The van der Waals surface area contributed by atoms with Crippen LogP contribution < -0.4 is 5.32 Å². The van der Waals surface area contributed by atoms with E-state index >= 15 is 0 Å². The lowest BCUT2D eigenvalue weighted by Crippen LogP contribution is -2.18. The number of rotatable bonds is 4. The standard InChI is InChI=1S/C17H9ClF3N3O3/c18-12-3-1-10(2-4-12)7-11(9-22)16(25)23-15-6-5-13(24(26)27)8-14(15)17(19,20)21/h1-8H,(H,23,25)/b11-7+. The fourth-order valence-corrected chi connectivity index (χ4v) is 2.18. The Morgan fingerprint density at radius 3 is 2.37 bits per heavy atom. The van der Waals surface area contributed by atoms with E-state index in [1.165, 1.54) is 30.3 Å². The number of benzene rings is 2. The molecule has 2 aromatic rings. The Morgan fingerprint density at radius 2 is 1.85 bits per heavy atom. The summed E-state index contributed by atoms with van der Waals surface area (Å²) in [5, 5.41) is 22.2. The molecule has 0 aliphatic carbocycles. The van der Waals surface area contributed by atoms with Crippen molar-refractivity contribution < 1.29 is 22.9 Å². The number of nitro groups is 1. The second-order valence-corrected chi connectivity index (χ2v) is 5.60. The van der Waals surface area contributed by atoms with Gasteiger partial charge >= 0.3 is 6.18 Å². The van der Waals surface area contributed by atoms with Crippen LogP contribution in [0.15, 0.2) is 48.0 Å². The predicted octanol–water partition coefficient (Wildman–Crippen LogP) is 4.81. The van der Waals surface area contributed by atoms with Crippen LogP contribution in [-0.2, 0) is 11.0 Å². The quantitative estimate of drug-likeness (QED) is 0.347. The molecule has 27 heavy (non-hydrogen) atoms. The van der Waals surface area contributed by atoms with E-state index in [1.54, 1.807) is 6.07 Å². The minimum atomic E-state index is -4.94. The van der Waals surface area contributed by atoms with Gasteiger partial charge in [0.15, 0.2) is 0 Å². The second-order valence-electron chi connectivity index (χ2n) is 5.16. The van der Waals surface area contributed by atoms with Crippen LogP contribution in [0.25, 0.3) is 6.08 Å². The molecule has 2 rings (SSSR count). The van der Waals surface area contributed by atoms with Crippen molar-refractivity contribution in [2.24, 2.45) is 0 Å². The smallest absolute Gasteiger partial charge is 0.321 e. The summed E-state index contributed by atoms with van der Waals surface area (Å²) >= 11 is 5.73. The van der Waals surface area contributed by atoms with E-state index in [9.17, 15) is 28.1 Å². The number of carbonyl (C=O) groups is 1. The van der Waals surface area contributed by atoms with E-state index in [4.69, 9.17) is 16.9 Å². The molecule has 138 valence electrons. The SMILES string of the molecule is N#C/C(=C\c1ccc(Cl)cc1)C(=O)Nc1ccc([N+](=O)[O-])cc1C(F)(F)F. The Bertz CT molecular complexity index is 964. The molecule has 1 N–H and O–H groups in total. The molecule has 0 aromatic heterocycles. The molecule has 0 radical (unpaired) electrons. The van der Waals surface area contributed by atoms with Gasteiger partial charge in [0, 0.05) is 17.2 Å². The first-order valence-corrected chi connectivity index (χ1v) is 7.54. The van der Waals surface area contributed by atoms with Gasteiger partial charge in [-0.25, -0.2) is 0 Å². The Hall–Kier alpha value is -3.38. The number of anilines is 1. The number of carbonyl (C=O) groups excluding carboxylic acids is 1. The van der Waals surface area contributed by atoms with Gasteiger partial charge in [-0.2, -0.15) is 18.4 Å². The number of nitriles is 1. The third-order valence-electron chi connectivity index (χ3n) is 3.31. The zero-order valence-electron chi connectivity index (χ0n) is 13.2. The van der Waals surface area contributed by atoms with Crippen molar-refractivity contribution in [2.45, 2.75) is 6.18 Å². The van der Waals surface area contributed by atoms with E-state index in [2.05, 4.69) is 0 Å². The summed E-state index contributed by atoms with van der Waals surface area (Å²) in [5.41, 5.74) is -2.89. The number of nitro benzene ring substituents is 1. The number of nitrogens with zero attached hydrogens (tertiary/aromatic N) is 2. The number of hydrogen-bond acceptors (Lipinski definition) is 4. The largest absolute Gasteiger partial charge is 0.418 e. The van der Waals surface area contributed by atoms with Gasteiger partial charge in [0.25, 0.3) is 11.6 Å². The fourth-order valence-electron chi connectivity index (χ4n) is 2.05. The van der Waals surface area contributed by atoms with Crippen molar-refractivity contribution in [1.29, 1.82) is 5.26 Å². The third-order valence-corrected chi connectivity index (χ3v) is 3.57. The van der Waals surface area contributed by atoms with Crippen molar-refractivity contribution >= 4 is 35.0 Å². The van der Waals surface area contributed by atoms with Crippen LogP contribution in [0.3, 0.4) is 0 Å². The van der Waals surface area contributed by atoms with Crippen molar-refractivity contribution in [3.05, 3.63) is 74.3 Å². The van der Waals surface area contributed by atoms with Crippen LogP contribution in [0.1, 0.15) is 11.1 Å². The first-order valence-electron chi connectivity index (χ1n) is 7.16. The molecule has 0 bridgehead atoms. The topological polar surface area (TPSA) is 96.0 Å². The van der Waals surface area contributed by atoms with Gasteiger partial charge in [0.05, 0.1) is 16.2 Å². The van der Waals surface area contributed by atoms with Crippen molar-refractivity contribution in [3.63, 3.8) is 0 Å². The lowest BCUT2D eigenvalue weighted by molar-refractivity contribution is -0.385. The number of alkyl halides is 3. The van der Waals surface area contributed by atoms with Gasteiger partial charge in [-0.1, -0.05) is 23.7 Å². The van der Waals surface area contributed by atoms with Gasteiger partial charge in [0.2, 0.25) is 0 Å². The summed E-state index contributed by atoms with van der Waals surface area (Å²) in [7, 11) is 0. The van der Waals surface area contributed by atoms with E-state index in [0.717, 1.165) is 12.1 Å². The van der Waals surface area contributed by atoms with Crippen molar-refractivity contribution in [3.8, 4) is 6.07 Å². The van der Waals surface area contributed by atoms with Crippen LogP contribution in [-0.4, -0.2) is 10.8 Å². The highest BCUT2D eigenvalue weighted by Gasteiger charge is 2.35. The van der Waals surface area contributed by atoms with Crippen LogP contribution in [0, 0.1) is 21.4 Å². The fraction of sp³-hybridized carbons (Fsp3) is 0.0588. The van der Waals surface area contributed by atoms with E-state index in [-0.39, 0.29) is 0 Å². The molecule has 0 spiro atoms. The molecular weight excluding hydrogens is 387 g/mol. The van der Waals surface area contributed by atoms with E-state index in [0.29, 0.717) is 16.7 Å². The Kier molecular flexibility index (Phi) is 5.82. The molecule has 0 fully saturated rings. The Morgan fingerprint density at radius 1 is 1.22 bits per heavy atom. The highest BCUT2D eigenvalue weighted by atomic mass is 35.5. The molecule has 0 atom stereocenters. The molecule has 0 aliphatic rings. The second kappa shape index (κ2) is 7.88. The maximum Gasteiger partial charge on any atom is 0.418 e. The number of amides is 1. The zero-order valence-corrected chi connectivity index (χ0v) is 14.0. The molecule has 6 nitrogen and oxygen atoms in total. The molecule has 0 aliphatic heterocycles. The zero-order chi connectivity index (χ0) is 20.2. The van der Waals surface area contributed by atoms with Gasteiger partial charge < -0.3 is 5.32 Å². The summed E-state index contributed by atoms with van der Waals surface area (Å²) in [4.78, 5) is 21.9. The maximum atomic E-state index is 13.1. The highest BCUT2D eigenvalue weighted by molar-refractivity contribution is 6.30. The summed E-state index contributed by atoms with van der Waals surface area (Å²) in [6.07, 6.45) is -3.77. The predicted molar refractivity (Wildman–Crippen MR) is 91.8 cm³/mol. The van der Waals surface area contributed by atoms with Gasteiger partial charge in [-0.3, -0.25) is 14.9 Å². The van der Waals surface area contributed by atoms with Crippen LogP contribution in [0.2, 0.25) is 5.02 Å². The van der Waals surface area contributed by atoms with Gasteiger partial charge in [-0.05, 0) is 29.8 Å². The molecule has 10 heteroatoms. The number of non-ortho nitro benzene ring substituents is 1. The molecule has 0 saturated heterocycles. The van der Waals surface area contributed by atoms with Gasteiger partial charge in [-0.15, -0.1) is 0 Å². The van der Waals surface area contributed by atoms with E-state index in [1.807, 2.05) is 5.32 Å². The average molecular weight is 396 g/mol. The minimum absolute atomic E-state index is 0.310. The normalized spacial score (nSPS) is 11.6.